The number of rotatable bonds is 4. The van der Waals surface area contributed by atoms with Crippen molar-refractivity contribution in [3.05, 3.63) is 88.7 Å². The third-order valence-electron chi connectivity index (χ3n) is 3.66. The van der Waals surface area contributed by atoms with Crippen LogP contribution in [0.1, 0.15) is 27.8 Å². The Morgan fingerprint density at radius 1 is 1.25 bits per heavy atom. The molecule has 1 unspecified atom stereocenters. The molecule has 0 radical (unpaired) electrons. The molecular weight excluding hydrogens is 329 g/mol. The molecule has 0 spiro atoms. The zero-order chi connectivity index (χ0) is 17.1. The van der Waals surface area contributed by atoms with Crippen molar-refractivity contribution in [2.24, 2.45) is 7.05 Å². The normalized spacial score (nSPS) is 12.0. The molecule has 3 rings (SSSR count). The lowest BCUT2D eigenvalue weighted by Gasteiger charge is -2.19. The highest BCUT2D eigenvalue weighted by molar-refractivity contribution is 6.30. The van der Waals surface area contributed by atoms with Gasteiger partial charge in [0.05, 0.1) is 0 Å². The first-order chi connectivity index (χ1) is 11.5. The highest BCUT2D eigenvalue weighted by Gasteiger charge is 2.21. The van der Waals surface area contributed by atoms with Gasteiger partial charge >= 0.3 is 0 Å². The number of aromatic nitrogens is 2. The minimum absolute atomic E-state index is 0.247. The third-order valence-corrected chi connectivity index (χ3v) is 3.90. The third kappa shape index (κ3) is 3.46. The summed E-state index contributed by atoms with van der Waals surface area (Å²) < 4.78 is 15.2. The molecule has 4 nitrogen and oxygen atoms in total. The van der Waals surface area contributed by atoms with Gasteiger partial charge in [-0.3, -0.25) is 4.79 Å². The molecule has 0 aliphatic carbocycles. The van der Waals surface area contributed by atoms with Crippen LogP contribution in [-0.4, -0.2) is 15.5 Å². The Morgan fingerprint density at radius 3 is 2.71 bits per heavy atom. The molecular formula is C18H15ClFN3O. The quantitative estimate of drug-likeness (QED) is 0.784. The molecule has 2 aromatic carbocycles. The summed E-state index contributed by atoms with van der Waals surface area (Å²) in [5, 5.41) is 3.46. The average Bonchev–Trinajstić information content (AvgIpc) is 2.98. The molecule has 122 valence electrons. The number of carbonyl (C=O) groups is 1. The lowest BCUT2D eigenvalue weighted by Crippen LogP contribution is -2.31. The summed E-state index contributed by atoms with van der Waals surface area (Å²) in [4.78, 5) is 16.8. The minimum Gasteiger partial charge on any atom is -0.338 e. The second kappa shape index (κ2) is 6.84. The van der Waals surface area contributed by atoms with Crippen molar-refractivity contribution in [2.75, 3.05) is 0 Å². The van der Waals surface area contributed by atoms with Gasteiger partial charge in [-0.1, -0.05) is 29.8 Å². The molecule has 0 bridgehead atoms. The molecule has 24 heavy (non-hydrogen) atoms. The number of hydrogen-bond acceptors (Lipinski definition) is 2. The van der Waals surface area contributed by atoms with Crippen molar-refractivity contribution in [3.63, 3.8) is 0 Å². The van der Waals surface area contributed by atoms with E-state index < -0.39 is 11.9 Å². The van der Waals surface area contributed by atoms with E-state index in [0.29, 0.717) is 10.8 Å². The lowest BCUT2D eigenvalue weighted by atomic mass is 10.1. The van der Waals surface area contributed by atoms with E-state index in [1.165, 1.54) is 18.2 Å². The van der Waals surface area contributed by atoms with Crippen LogP contribution < -0.4 is 5.32 Å². The molecule has 1 N–H and O–H groups in total. The number of benzene rings is 2. The monoisotopic (exact) mass is 343 g/mol. The summed E-state index contributed by atoms with van der Waals surface area (Å²) in [5.74, 6) is -0.191. The van der Waals surface area contributed by atoms with Crippen LogP contribution in [0.25, 0.3) is 0 Å². The number of nitrogens with one attached hydrogen (secondary N) is 1. The van der Waals surface area contributed by atoms with Crippen molar-refractivity contribution in [1.29, 1.82) is 0 Å². The van der Waals surface area contributed by atoms with Crippen molar-refractivity contribution in [2.45, 2.75) is 6.04 Å². The second-order valence-corrected chi connectivity index (χ2v) is 5.80. The van der Waals surface area contributed by atoms with Gasteiger partial charge in [-0.2, -0.15) is 0 Å². The van der Waals surface area contributed by atoms with Crippen LogP contribution in [0, 0.1) is 5.82 Å². The average molecular weight is 344 g/mol. The molecule has 1 amide bonds. The predicted molar refractivity (Wildman–Crippen MR) is 90.4 cm³/mol. The van der Waals surface area contributed by atoms with Gasteiger partial charge in [0.2, 0.25) is 0 Å². The van der Waals surface area contributed by atoms with Crippen molar-refractivity contribution in [1.82, 2.24) is 14.9 Å². The first kappa shape index (κ1) is 16.2. The largest absolute Gasteiger partial charge is 0.338 e. The summed E-state index contributed by atoms with van der Waals surface area (Å²) in [7, 11) is 1.84. The number of amides is 1. The van der Waals surface area contributed by atoms with Crippen molar-refractivity contribution in [3.8, 4) is 0 Å². The predicted octanol–water partition coefficient (Wildman–Crippen LogP) is 3.73. The first-order valence-corrected chi connectivity index (χ1v) is 7.71. The van der Waals surface area contributed by atoms with Crippen LogP contribution in [0.5, 0.6) is 0 Å². The number of imidazole rings is 1. The van der Waals surface area contributed by atoms with E-state index in [0.717, 1.165) is 5.56 Å². The van der Waals surface area contributed by atoms with Crippen LogP contribution in [0.3, 0.4) is 0 Å². The molecule has 1 atom stereocenters. The molecule has 0 fully saturated rings. The van der Waals surface area contributed by atoms with E-state index in [1.54, 1.807) is 30.6 Å². The molecule has 1 aromatic heterocycles. The second-order valence-electron chi connectivity index (χ2n) is 5.37. The minimum atomic E-state index is -0.500. The van der Waals surface area contributed by atoms with Gasteiger partial charge in [-0.15, -0.1) is 0 Å². The summed E-state index contributed by atoms with van der Waals surface area (Å²) in [6, 6.07) is 12.2. The number of hydrogen-bond donors (Lipinski definition) is 1. The topological polar surface area (TPSA) is 46.9 Å². The maximum Gasteiger partial charge on any atom is 0.252 e. The summed E-state index contributed by atoms with van der Waals surface area (Å²) in [6.45, 7) is 0. The summed E-state index contributed by atoms with van der Waals surface area (Å²) in [6.07, 6.45) is 3.45. The van der Waals surface area contributed by atoms with Gasteiger partial charge < -0.3 is 9.88 Å². The maximum absolute atomic E-state index is 13.4. The molecule has 1 heterocycles. The molecule has 0 aliphatic heterocycles. The van der Waals surface area contributed by atoms with Crippen LogP contribution in [0.15, 0.2) is 60.9 Å². The van der Waals surface area contributed by atoms with E-state index in [1.807, 2.05) is 23.7 Å². The van der Waals surface area contributed by atoms with Gasteiger partial charge in [-0.05, 0) is 35.9 Å². The Bertz CT molecular complexity index is 878. The van der Waals surface area contributed by atoms with Gasteiger partial charge in [0.25, 0.3) is 5.91 Å². The smallest absolute Gasteiger partial charge is 0.252 e. The van der Waals surface area contributed by atoms with Crippen molar-refractivity contribution >= 4 is 17.5 Å². The zero-order valence-corrected chi connectivity index (χ0v) is 13.7. The SMILES string of the molecule is Cn1ccnc1C(NC(=O)c1cccc(F)c1)c1cccc(Cl)c1. The Morgan fingerprint density at radius 2 is 2.04 bits per heavy atom. The van der Waals surface area contributed by atoms with Crippen LogP contribution >= 0.6 is 11.6 Å². The van der Waals surface area contributed by atoms with Crippen molar-refractivity contribution < 1.29 is 9.18 Å². The fourth-order valence-corrected chi connectivity index (χ4v) is 2.68. The fraction of sp³-hybridized carbons (Fsp3) is 0.111. The number of halogens is 2. The van der Waals surface area contributed by atoms with E-state index in [9.17, 15) is 9.18 Å². The van der Waals surface area contributed by atoms with E-state index in [-0.39, 0.29) is 11.5 Å². The first-order valence-electron chi connectivity index (χ1n) is 7.34. The van der Waals surface area contributed by atoms with Gasteiger partial charge in [0.15, 0.2) is 0 Å². The van der Waals surface area contributed by atoms with Gasteiger partial charge in [0, 0.05) is 30.0 Å². The zero-order valence-electron chi connectivity index (χ0n) is 12.9. The van der Waals surface area contributed by atoms with Crippen LogP contribution in [0.2, 0.25) is 5.02 Å². The molecule has 0 saturated heterocycles. The Kier molecular flexibility index (Phi) is 4.62. The number of carbonyl (C=O) groups excluding carboxylic acids is 1. The number of aryl methyl sites for hydroxylation is 1. The maximum atomic E-state index is 13.4. The van der Waals surface area contributed by atoms with Crippen LogP contribution in [-0.2, 0) is 7.05 Å². The Labute approximate surface area is 143 Å². The summed E-state index contributed by atoms with van der Waals surface area (Å²) >= 11 is 6.07. The molecule has 0 aliphatic rings. The van der Waals surface area contributed by atoms with Crippen LogP contribution in [0.4, 0.5) is 4.39 Å². The molecule has 0 saturated carbocycles. The highest BCUT2D eigenvalue weighted by Crippen LogP contribution is 2.23. The standard InChI is InChI=1S/C18H15ClFN3O/c1-23-9-8-21-17(23)16(12-4-2-6-14(19)10-12)22-18(24)13-5-3-7-15(20)11-13/h2-11,16H,1H3,(H,22,24). The Balaban J connectivity index is 1.96. The van der Waals surface area contributed by atoms with E-state index >= 15 is 0 Å². The molecule has 3 aromatic rings. The van der Waals surface area contributed by atoms with E-state index in [2.05, 4.69) is 10.3 Å². The highest BCUT2D eigenvalue weighted by atomic mass is 35.5. The fourth-order valence-electron chi connectivity index (χ4n) is 2.48. The molecule has 6 heteroatoms. The van der Waals surface area contributed by atoms with Gasteiger partial charge in [0.1, 0.15) is 17.7 Å². The summed E-state index contributed by atoms with van der Waals surface area (Å²) in [5.41, 5.74) is 1.04. The Hall–Kier alpha value is -2.66. The lowest BCUT2D eigenvalue weighted by molar-refractivity contribution is 0.0940. The number of nitrogens with zero attached hydrogens (tertiary/aromatic N) is 2. The van der Waals surface area contributed by atoms with Gasteiger partial charge in [-0.25, -0.2) is 9.37 Å². The van der Waals surface area contributed by atoms with E-state index in [4.69, 9.17) is 11.6 Å².